The van der Waals surface area contributed by atoms with Crippen LogP contribution in [0, 0.1) is 5.82 Å². The van der Waals surface area contributed by atoms with Gasteiger partial charge >= 0.3 is 5.97 Å². The third-order valence-corrected chi connectivity index (χ3v) is 3.51. The quantitative estimate of drug-likeness (QED) is 0.875. The normalized spacial score (nSPS) is 12.7. The molecule has 1 unspecified atom stereocenters. The van der Waals surface area contributed by atoms with Gasteiger partial charge in [0.15, 0.2) is 0 Å². The summed E-state index contributed by atoms with van der Waals surface area (Å²) in [7, 11) is 0. The molecule has 0 saturated heterocycles. The molecule has 18 heavy (non-hydrogen) atoms. The maximum Gasteiger partial charge on any atom is 0.304 e. The Balaban J connectivity index is 2.72. The maximum atomic E-state index is 13.4. The van der Waals surface area contributed by atoms with Gasteiger partial charge in [-0.2, -0.15) is 0 Å². The molecule has 1 rings (SSSR count). The first-order valence-corrected chi connectivity index (χ1v) is 6.63. The van der Waals surface area contributed by atoms with Gasteiger partial charge in [-0.3, -0.25) is 9.69 Å². The van der Waals surface area contributed by atoms with Gasteiger partial charge in [-0.05, 0) is 47.1 Å². The van der Waals surface area contributed by atoms with Crippen molar-refractivity contribution >= 4 is 21.9 Å². The molecule has 0 spiro atoms. The zero-order valence-electron chi connectivity index (χ0n) is 10.5. The van der Waals surface area contributed by atoms with Crippen molar-refractivity contribution in [3.8, 4) is 0 Å². The summed E-state index contributed by atoms with van der Waals surface area (Å²) in [6.07, 6.45) is 0.0901. The maximum absolute atomic E-state index is 13.4. The summed E-state index contributed by atoms with van der Waals surface area (Å²) < 4.78 is 13.8. The van der Waals surface area contributed by atoms with Gasteiger partial charge in [-0.25, -0.2) is 4.39 Å². The molecule has 1 aromatic rings. The number of carbonyl (C=O) groups is 1. The van der Waals surface area contributed by atoms with Crippen molar-refractivity contribution in [3.05, 3.63) is 34.1 Å². The molecular weight excluding hydrogens is 301 g/mol. The van der Waals surface area contributed by atoms with Crippen LogP contribution < -0.4 is 0 Å². The molecule has 3 nitrogen and oxygen atoms in total. The molecule has 0 aromatic heterocycles. The van der Waals surface area contributed by atoms with Crippen LogP contribution in [0.15, 0.2) is 22.7 Å². The second-order valence-corrected chi connectivity index (χ2v) is 5.11. The Morgan fingerprint density at radius 2 is 2.22 bits per heavy atom. The molecule has 1 aromatic carbocycles. The van der Waals surface area contributed by atoms with Gasteiger partial charge in [-0.1, -0.05) is 13.0 Å². The van der Waals surface area contributed by atoms with E-state index in [1.807, 2.05) is 24.8 Å². The fourth-order valence-corrected chi connectivity index (χ4v) is 2.08. The Morgan fingerprint density at radius 1 is 1.56 bits per heavy atom. The number of halogens is 2. The van der Waals surface area contributed by atoms with Crippen LogP contribution in [0.1, 0.15) is 25.8 Å². The second-order valence-electron chi connectivity index (χ2n) is 4.26. The minimum atomic E-state index is -0.817. The van der Waals surface area contributed by atoms with E-state index in [-0.39, 0.29) is 18.3 Å². The summed E-state index contributed by atoms with van der Waals surface area (Å²) in [6, 6.07) is 4.91. The predicted octanol–water partition coefficient (Wildman–Crippen LogP) is 3.27. The van der Waals surface area contributed by atoms with Crippen LogP contribution in [0.2, 0.25) is 0 Å². The van der Waals surface area contributed by atoms with Crippen LogP contribution in [0.25, 0.3) is 0 Å². The van der Waals surface area contributed by atoms with E-state index in [0.717, 1.165) is 12.1 Å². The average Bonchev–Trinajstić information content (AvgIpc) is 2.29. The molecule has 1 N–H and O–H groups in total. The van der Waals surface area contributed by atoms with Crippen LogP contribution in [0.5, 0.6) is 0 Å². The molecule has 0 aliphatic rings. The lowest BCUT2D eigenvalue weighted by Crippen LogP contribution is -2.34. The third kappa shape index (κ3) is 4.38. The Morgan fingerprint density at radius 3 is 2.72 bits per heavy atom. The number of carboxylic acids is 1. The number of aliphatic carboxylic acids is 1. The van der Waals surface area contributed by atoms with Gasteiger partial charge < -0.3 is 5.11 Å². The minimum Gasteiger partial charge on any atom is -0.481 e. The van der Waals surface area contributed by atoms with Crippen LogP contribution in [0.3, 0.4) is 0 Å². The third-order valence-electron chi connectivity index (χ3n) is 2.87. The lowest BCUT2D eigenvalue weighted by Gasteiger charge is -2.26. The molecule has 0 radical (unpaired) electrons. The largest absolute Gasteiger partial charge is 0.481 e. The van der Waals surface area contributed by atoms with Crippen molar-refractivity contribution in [2.24, 2.45) is 0 Å². The number of benzene rings is 1. The fraction of sp³-hybridized carbons (Fsp3) is 0.462. The molecule has 0 saturated carbocycles. The van der Waals surface area contributed by atoms with Crippen molar-refractivity contribution in [3.63, 3.8) is 0 Å². The van der Waals surface area contributed by atoms with Crippen LogP contribution in [-0.4, -0.2) is 28.6 Å². The molecule has 1 atom stereocenters. The molecule has 0 aliphatic heterocycles. The van der Waals surface area contributed by atoms with Crippen LogP contribution in [0.4, 0.5) is 4.39 Å². The van der Waals surface area contributed by atoms with E-state index in [1.54, 1.807) is 6.07 Å². The Labute approximate surface area is 115 Å². The standard InChI is InChI=1S/C13H17BrFNO2/c1-3-16(9(2)6-13(17)18)8-10-4-5-11(14)12(15)7-10/h4-5,7,9H,3,6,8H2,1-2H3,(H,17,18). The number of hydrogen-bond donors (Lipinski definition) is 1. The van der Waals surface area contributed by atoms with Gasteiger partial charge in [0.25, 0.3) is 0 Å². The molecule has 0 bridgehead atoms. The van der Waals surface area contributed by atoms with Crippen LogP contribution in [-0.2, 0) is 11.3 Å². The molecule has 100 valence electrons. The lowest BCUT2D eigenvalue weighted by molar-refractivity contribution is -0.138. The van der Waals surface area contributed by atoms with Crippen molar-refractivity contribution in [1.29, 1.82) is 0 Å². The van der Waals surface area contributed by atoms with Gasteiger partial charge in [-0.15, -0.1) is 0 Å². The first kappa shape index (κ1) is 15.1. The van der Waals surface area contributed by atoms with Crippen molar-refractivity contribution < 1.29 is 14.3 Å². The summed E-state index contributed by atoms with van der Waals surface area (Å²) in [5.41, 5.74) is 0.842. The number of nitrogens with zero attached hydrogens (tertiary/aromatic N) is 1. The first-order valence-electron chi connectivity index (χ1n) is 5.83. The molecular formula is C13H17BrFNO2. The second kappa shape index (κ2) is 6.85. The van der Waals surface area contributed by atoms with E-state index in [4.69, 9.17) is 5.11 Å². The molecule has 0 heterocycles. The first-order chi connectivity index (χ1) is 8.43. The molecule has 0 amide bonds. The minimum absolute atomic E-state index is 0.0702. The Bertz CT molecular complexity index is 425. The highest BCUT2D eigenvalue weighted by atomic mass is 79.9. The average molecular weight is 318 g/mol. The molecule has 5 heteroatoms. The van der Waals surface area contributed by atoms with Gasteiger partial charge in [0.2, 0.25) is 0 Å². The van der Waals surface area contributed by atoms with Gasteiger partial charge in [0.05, 0.1) is 10.9 Å². The highest BCUT2D eigenvalue weighted by molar-refractivity contribution is 9.10. The topological polar surface area (TPSA) is 40.5 Å². The molecule has 0 fully saturated rings. The smallest absolute Gasteiger partial charge is 0.304 e. The van der Waals surface area contributed by atoms with Crippen LogP contribution >= 0.6 is 15.9 Å². The summed E-state index contributed by atoms with van der Waals surface area (Å²) >= 11 is 3.11. The van der Waals surface area contributed by atoms with Gasteiger partial charge in [0.1, 0.15) is 5.82 Å². The van der Waals surface area contributed by atoms with Crippen molar-refractivity contribution in [1.82, 2.24) is 4.90 Å². The van der Waals surface area contributed by atoms with E-state index in [9.17, 15) is 9.18 Å². The van der Waals surface area contributed by atoms with Gasteiger partial charge in [0, 0.05) is 12.6 Å². The van der Waals surface area contributed by atoms with E-state index < -0.39 is 5.97 Å². The van der Waals surface area contributed by atoms with E-state index in [2.05, 4.69) is 15.9 Å². The highest BCUT2D eigenvalue weighted by Crippen LogP contribution is 2.18. The lowest BCUT2D eigenvalue weighted by atomic mass is 10.1. The number of carboxylic acid groups (broad SMARTS) is 1. The summed E-state index contributed by atoms with van der Waals surface area (Å²) in [6.45, 7) is 5.11. The Hall–Kier alpha value is -0.940. The zero-order chi connectivity index (χ0) is 13.7. The summed E-state index contributed by atoms with van der Waals surface area (Å²) in [4.78, 5) is 12.7. The summed E-state index contributed by atoms with van der Waals surface area (Å²) in [5.74, 6) is -1.11. The zero-order valence-corrected chi connectivity index (χ0v) is 12.1. The van der Waals surface area contributed by atoms with Crippen molar-refractivity contribution in [2.75, 3.05) is 6.54 Å². The number of rotatable bonds is 6. The van der Waals surface area contributed by atoms with E-state index in [0.29, 0.717) is 11.0 Å². The Kier molecular flexibility index (Phi) is 5.75. The summed E-state index contributed by atoms with van der Waals surface area (Å²) in [5, 5.41) is 8.78. The number of hydrogen-bond acceptors (Lipinski definition) is 2. The molecule has 0 aliphatic carbocycles. The SMILES string of the molecule is CCN(Cc1ccc(Br)c(F)c1)C(C)CC(=O)O. The van der Waals surface area contributed by atoms with Crippen molar-refractivity contribution in [2.45, 2.75) is 32.9 Å². The fourth-order valence-electron chi connectivity index (χ4n) is 1.83. The van der Waals surface area contributed by atoms with E-state index in [1.165, 1.54) is 6.07 Å². The van der Waals surface area contributed by atoms with E-state index >= 15 is 0 Å². The predicted molar refractivity (Wildman–Crippen MR) is 71.9 cm³/mol. The monoisotopic (exact) mass is 317 g/mol. The highest BCUT2D eigenvalue weighted by Gasteiger charge is 2.16.